The van der Waals surface area contributed by atoms with E-state index in [1.807, 2.05) is 60.5 Å². The fourth-order valence-corrected chi connectivity index (χ4v) is 2.37. The van der Waals surface area contributed by atoms with Crippen LogP contribution in [0.4, 0.5) is 11.5 Å². The lowest BCUT2D eigenvalue weighted by molar-refractivity contribution is 1.00. The fourth-order valence-electron chi connectivity index (χ4n) is 2.37. The zero-order valence-corrected chi connectivity index (χ0v) is 11.6. The fraction of sp³-hybridized carbons (Fsp3) is 0.0625. The molecule has 0 saturated carbocycles. The number of rotatable bonds is 3. The molecule has 0 atom stereocenters. The van der Waals surface area contributed by atoms with Gasteiger partial charge in [0.05, 0.1) is 11.9 Å². The lowest BCUT2D eigenvalue weighted by Crippen LogP contribution is -2.19. The number of anilines is 2. The molecule has 1 heterocycles. The van der Waals surface area contributed by atoms with Gasteiger partial charge in [-0.1, -0.05) is 36.4 Å². The normalized spacial score (nSPS) is 10.5. The van der Waals surface area contributed by atoms with E-state index in [0.29, 0.717) is 5.56 Å². The van der Waals surface area contributed by atoms with Crippen LogP contribution >= 0.6 is 0 Å². The van der Waals surface area contributed by atoms with Gasteiger partial charge in [0, 0.05) is 23.4 Å². The highest BCUT2D eigenvalue weighted by molar-refractivity contribution is 6.02. The van der Waals surface area contributed by atoms with Gasteiger partial charge in [0.2, 0.25) is 0 Å². The van der Waals surface area contributed by atoms with Gasteiger partial charge < -0.3 is 10.6 Å². The summed E-state index contributed by atoms with van der Waals surface area (Å²) in [5, 5.41) is 18.0. The molecule has 0 aliphatic rings. The first-order valence-corrected chi connectivity index (χ1v) is 6.56. The van der Waals surface area contributed by atoms with Gasteiger partial charge in [-0.3, -0.25) is 5.41 Å². The van der Waals surface area contributed by atoms with E-state index in [0.717, 1.165) is 22.3 Å². The Hall–Kier alpha value is -2.95. The van der Waals surface area contributed by atoms with Crippen LogP contribution in [0.3, 0.4) is 0 Å². The molecule has 0 fully saturated rings. The molecule has 104 valence electrons. The minimum Gasteiger partial charge on any atom is -0.384 e. The van der Waals surface area contributed by atoms with Crippen molar-refractivity contribution < 1.29 is 0 Å². The van der Waals surface area contributed by atoms with E-state index < -0.39 is 0 Å². The Kier molecular flexibility index (Phi) is 3.23. The minimum absolute atomic E-state index is 0.0330. The molecule has 3 rings (SSSR count). The molecule has 0 aliphatic carbocycles. The lowest BCUT2D eigenvalue weighted by atomic mass is 10.1. The highest BCUT2D eigenvalue weighted by Gasteiger charge is 2.14. The van der Waals surface area contributed by atoms with Crippen molar-refractivity contribution in [1.82, 2.24) is 10.2 Å². The average Bonchev–Trinajstić information content (AvgIpc) is 2.53. The number of nitrogens with two attached hydrogens (primary N) is 1. The van der Waals surface area contributed by atoms with Gasteiger partial charge in [-0.05, 0) is 12.1 Å². The van der Waals surface area contributed by atoms with Crippen molar-refractivity contribution in [3.8, 4) is 0 Å². The van der Waals surface area contributed by atoms with E-state index >= 15 is 0 Å². The molecule has 0 saturated heterocycles. The number of hydrogen-bond donors (Lipinski definition) is 2. The highest BCUT2D eigenvalue weighted by atomic mass is 15.2. The van der Waals surface area contributed by atoms with Gasteiger partial charge in [0.15, 0.2) is 5.82 Å². The number of aromatic nitrogens is 2. The Bertz CT molecular complexity index is 807. The van der Waals surface area contributed by atoms with Crippen molar-refractivity contribution in [3.05, 3.63) is 60.3 Å². The summed E-state index contributed by atoms with van der Waals surface area (Å²) in [7, 11) is 1.90. The second-order valence-electron chi connectivity index (χ2n) is 4.75. The molecule has 0 radical (unpaired) electrons. The third-order valence-electron chi connectivity index (χ3n) is 3.42. The van der Waals surface area contributed by atoms with Gasteiger partial charge in [-0.2, -0.15) is 5.10 Å². The van der Waals surface area contributed by atoms with Crippen molar-refractivity contribution in [3.63, 3.8) is 0 Å². The summed E-state index contributed by atoms with van der Waals surface area (Å²) in [6.07, 6.45) is 1.74. The van der Waals surface area contributed by atoms with Crippen LogP contribution in [0.1, 0.15) is 5.56 Å². The van der Waals surface area contributed by atoms with Crippen LogP contribution in [0.2, 0.25) is 0 Å². The summed E-state index contributed by atoms with van der Waals surface area (Å²) in [4.78, 5) is 1.91. The third-order valence-corrected chi connectivity index (χ3v) is 3.42. The number of fused-ring (bicyclic) bond motifs is 1. The second-order valence-corrected chi connectivity index (χ2v) is 4.75. The molecular formula is C16H15N5. The topological polar surface area (TPSA) is 78.9 Å². The number of hydrogen-bond acceptors (Lipinski definition) is 4. The lowest BCUT2D eigenvalue weighted by Gasteiger charge is -2.21. The number of nitrogens with one attached hydrogen (secondary N) is 1. The molecule has 2 aromatic carbocycles. The smallest absolute Gasteiger partial charge is 0.163 e. The van der Waals surface area contributed by atoms with Gasteiger partial charge in [-0.25, -0.2) is 0 Å². The van der Waals surface area contributed by atoms with Crippen molar-refractivity contribution >= 4 is 28.1 Å². The Morgan fingerprint density at radius 1 is 1.10 bits per heavy atom. The number of para-hydroxylation sites is 1. The third kappa shape index (κ3) is 2.29. The van der Waals surface area contributed by atoms with Gasteiger partial charge in [0.25, 0.3) is 0 Å². The molecule has 0 spiro atoms. The molecule has 5 nitrogen and oxygen atoms in total. The number of nitrogen functional groups attached to an aromatic ring is 1. The molecule has 0 amide bonds. The predicted molar refractivity (Wildman–Crippen MR) is 85.1 cm³/mol. The average molecular weight is 277 g/mol. The molecular weight excluding hydrogens is 262 g/mol. The van der Waals surface area contributed by atoms with Crippen LogP contribution in [0, 0.1) is 5.41 Å². The molecule has 5 heteroatoms. The van der Waals surface area contributed by atoms with Crippen LogP contribution in [-0.4, -0.2) is 23.1 Å². The SMILES string of the molecule is CN(c1ccccc1C(=N)N)c1nncc2ccccc12. The van der Waals surface area contributed by atoms with E-state index in [2.05, 4.69) is 10.2 Å². The number of benzene rings is 2. The maximum absolute atomic E-state index is 7.71. The van der Waals surface area contributed by atoms with Crippen molar-refractivity contribution in [2.75, 3.05) is 11.9 Å². The second kappa shape index (κ2) is 5.20. The van der Waals surface area contributed by atoms with E-state index in [4.69, 9.17) is 11.1 Å². The van der Waals surface area contributed by atoms with Crippen molar-refractivity contribution in [1.29, 1.82) is 5.41 Å². The number of amidine groups is 1. The van der Waals surface area contributed by atoms with Crippen LogP contribution in [-0.2, 0) is 0 Å². The largest absolute Gasteiger partial charge is 0.384 e. The highest BCUT2D eigenvalue weighted by Crippen LogP contribution is 2.30. The van der Waals surface area contributed by atoms with Crippen LogP contribution in [0.15, 0.2) is 54.7 Å². The monoisotopic (exact) mass is 277 g/mol. The Labute approximate surface area is 122 Å². The Morgan fingerprint density at radius 2 is 1.81 bits per heavy atom. The molecule has 1 aromatic heterocycles. The van der Waals surface area contributed by atoms with E-state index in [1.165, 1.54) is 0 Å². The predicted octanol–water partition coefficient (Wildman–Crippen LogP) is 2.68. The first kappa shape index (κ1) is 13.1. The quantitative estimate of drug-likeness (QED) is 0.570. The summed E-state index contributed by atoms with van der Waals surface area (Å²) in [6, 6.07) is 15.5. The van der Waals surface area contributed by atoms with Crippen molar-refractivity contribution in [2.45, 2.75) is 0 Å². The molecule has 0 unspecified atom stereocenters. The summed E-state index contributed by atoms with van der Waals surface area (Å²) in [5.41, 5.74) is 7.17. The molecule has 0 bridgehead atoms. The number of nitrogens with zero attached hydrogens (tertiary/aromatic N) is 3. The summed E-state index contributed by atoms with van der Waals surface area (Å²) in [6.45, 7) is 0. The van der Waals surface area contributed by atoms with Crippen LogP contribution < -0.4 is 10.6 Å². The zero-order valence-electron chi connectivity index (χ0n) is 11.6. The van der Waals surface area contributed by atoms with Gasteiger partial charge in [-0.15, -0.1) is 5.10 Å². The molecule has 3 aromatic rings. The van der Waals surface area contributed by atoms with Gasteiger partial charge in [0.1, 0.15) is 5.84 Å². The maximum Gasteiger partial charge on any atom is 0.163 e. The maximum atomic E-state index is 7.71. The Balaban J connectivity index is 2.18. The van der Waals surface area contributed by atoms with Crippen LogP contribution in [0.5, 0.6) is 0 Å². The van der Waals surface area contributed by atoms with Gasteiger partial charge >= 0.3 is 0 Å². The first-order chi connectivity index (χ1) is 10.2. The van der Waals surface area contributed by atoms with E-state index in [1.54, 1.807) is 6.20 Å². The summed E-state index contributed by atoms with van der Waals surface area (Å²) < 4.78 is 0. The minimum atomic E-state index is 0.0330. The summed E-state index contributed by atoms with van der Waals surface area (Å²) >= 11 is 0. The Morgan fingerprint density at radius 3 is 2.62 bits per heavy atom. The van der Waals surface area contributed by atoms with Crippen molar-refractivity contribution in [2.24, 2.45) is 5.73 Å². The van der Waals surface area contributed by atoms with Crippen LogP contribution in [0.25, 0.3) is 10.8 Å². The first-order valence-electron chi connectivity index (χ1n) is 6.56. The standard InChI is InChI=1S/C16H15N5/c1-21(14-9-5-4-8-13(14)15(17)18)16-12-7-3-2-6-11(12)10-19-20-16/h2-10H,1H3,(H3,17,18). The molecule has 3 N–H and O–H groups in total. The van der Waals surface area contributed by atoms with E-state index in [-0.39, 0.29) is 5.84 Å². The van der Waals surface area contributed by atoms with E-state index in [9.17, 15) is 0 Å². The zero-order chi connectivity index (χ0) is 14.8. The molecule has 21 heavy (non-hydrogen) atoms. The molecule has 0 aliphatic heterocycles. The summed E-state index contributed by atoms with van der Waals surface area (Å²) in [5.74, 6) is 0.771.